The van der Waals surface area contributed by atoms with Gasteiger partial charge in [0.25, 0.3) is 11.5 Å². The number of benzene rings is 1. The molecule has 2 aliphatic rings. The molecule has 1 atom stereocenters. The van der Waals surface area contributed by atoms with Gasteiger partial charge >= 0.3 is 0 Å². The molecule has 2 N–H and O–H groups in total. The average molecular weight is 499 g/mol. The van der Waals surface area contributed by atoms with E-state index >= 15 is 0 Å². The van der Waals surface area contributed by atoms with Crippen LogP contribution >= 0.6 is 0 Å². The van der Waals surface area contributed by atoms with Gasteiger partial charge in [0, 0.05) is 49.1 Å². The second kappa shape index (κ2) is 8.40. The Hall–Kier alpha value is -4.80. The highest BCUT2D eigenvalue weighted by Crippen LogP contribution is 2.39. The molecule has 3 amide bonds. The number of rotatable bonds is 6. The monoisotopic (exact) mass is 499 g/mol. The maximum absolute atomic E-state index is 13.2. The van der Waals surface area contributed by atoms with Crippen LogP contribution in [-0.2, 0) is 28.0 Å². The number of aromatic nitrogens is 3. The Morgan fingerprint density at radius 3 is 2.73 bits per heavy atom. The summed E-state index contributed by atoms with van der Waals surface area (Å²) in [4.78, 5) is 63.3. The van der Waals surface area contributed by atoms with E-state index in [0.717, 1.165) is 5.56 Å². The molecule has 11 nitrogen and oxygen atoms in total. The van der Waals surface area contributed by atoms with Crippen LogP contribution in [0.3, 0.4) is 0 Å². The zero-order chi connectivity index (χ0) is 25.7. The van der Waals surface area contributed by atoms with Crippen LogP contribution in [0.15, 0.2) is 57.9 Å². The second-order valence-electron chi connectivity index (χ2n) is 9.17. The molecule has 6 rings (SSSR count). The van der Waals surface area contributed by atoms with Gasteiger partial charge in [0.1, 0.15) is 28.3 Å². The number of hydrogen-bond acceptors (Lipinski definition) is 8. The Bertz CT molecular complexity index is 1660. The van der Waals surface area contributed by atoms with E-state index in [1.54, 1.807) is 35.2 Å². The Morgan fingerprint density at radius 2 is 1.97 bits per heavy atom. The Morgan fingerprint density at radius 1 is 1.11 bits per heavy atom. The van der Waals surface area contributed by atoms with Crippen molar-refractivity contribution in [2.45, 2.75) is 24.8 Å². The molecule has 0 radical (unpaired) electrons. The molecule has 4 aromatic rings. The van der Waals surface area contributed by atoms with E-state index in [1.165, 1.54) is 19.4 Å². The highest BCUT2D eigenvalue weighted by Gasteiger charge is 2.53. The molecule has 0 unspecified atom stereocenters. The van der Waals surface area contributed by atoms with Crippen molar-refractivity contribution in [2.75, 3.05) is 13.7 Å². The first-order chi connectivity index (χ1) is 17.8. The van der Waals surface area contributed by atoms with Crippen LogP contribution in [0.2, 0.25) is 0 Å². The summed E-state index contributed by atoms with van der Waals surface area (Å²) in [6.45, 7) is 0.258. The van der Waals surface area contributed by atoms with Crippen LogP contribution in [0.1, 0.15) is 39.6 Å². The van der Waals surface area contributed by atoms with E-state index in [4.69, 9.17) is 9.15 Å². The van der Waals surface area contributed by atoms with Gasteiger partial charge in [0.15, 0.2) is 5.58 Å². The third kappa shape index (κ3) is 3.84. The minimum atomic E-state index is -1.40. The number of nitrogens with zero attached hydrogens (tertiary/aromatic N) is 3. The summed E-state index contributed by atoms with van der Waals surface area (Å²) >= 11 is 0. The number of imide groups is 1. The number of fused-ring (bicyclic) bond motifs is 2. The van der Waals surface area contributed by atoms with Crippen molar-refractivity contribution in [3.63, 3.8) is 0 Å². The fraction of sp³-hybridized carbons (Fsp3) is 0.231. The fourth-order valence-electron chi connectivity index (χ4n) is 4.94. The van der Waals surface area contributed by atoms with Gasteiger partial charge in [-0.2, -0.15) is 0 Å². The van der Waals surface area contributed by atoms with E-state index in [2.05, 4.69) is 20.3 Å². The predicted octanol–water partition coefficient (Wildman–Crippen LogP) is 1.45. The summed E-state index contributed by atoms with van der Waals surface area (Å²) in [5.74, 6) is 0.0630. The first-order valence-electron chi connectivity index (χ1n) is 11.6. The molecule has 2 aliphatic heterocycles. The van der Waals surface area contributed by atoms with Crippen molar-refractivity contribution >= 4 is 28.8 Å². The van der Waals surface area contributed by atoms with E-state index in [0.29, 0.717) is 46.9 Å². The SMILES string of the molecule is COc1ccc2c(c1)C(=O)N(C[C@@]1(c3cc4nc(Cc5nccc(=O)[nH]5)ccc4o3)CC(=O)NC1=O)C2. The zero-order valence-electron chi connectivity index (χ0n) is 19.7. The molecule has 11 heteroatoms. The minimum Gasteiger partial charge on any atom is -0.497 e. The van der Waals surface area contributed by atoms with Gasteiger partial charge in [0.2, 0.25) is 11.8 Å². The number of methoxy groups -OCH3 is 1. The molecule has 3 aromatic heterocycles. The molecule has 0 saturated carbocycles. The number of nitrogens with one attached hydrogen (secondary N) is 2. The normalized spacial score (nSPS) is 18.9. The van der Waals surface area contributed by atoms with Crippen molar-refractivity contribution < 1.29 is 23.5 Å². The number of furan rings is 1. The summed E-state index contributed by atoms with van der Waals surface area (Å²) in [5, 5.41) is 2.37. The lowest BCUT2D eigenvalue weighted by Crippen LogP contribution is -2.46. The largest absolute Gasteiger partial charge is 0.497 e. The number of pyridine rings is 1. The van der Waals surface area contributed by atoms with E-state index in [9.17, 15) is 19.2 Å². The molecule has 1 saturated heterocycles. The Kier molecular flexibility index (Phi) is 5.14. The van der Waals surface area contributed by atoms with Crippen LogP contribution in [-0.4, -0.2) is 51.2 Å². The summed E-state index contributed by atoms with van der Waals surface area (Å²) < 4.78 is 11.3. The van der Waals surface area contributed by atoms with Crippen molar-refractivity contribution in [1.82, 2.24) is 25.2 Å². The van der Waals surface area contributed by atoms with Crippen LogP contribution in [0.5, 0.6) is 5.75 Å². The lowest BCUT2D eigenvalue weighted by Gasteiger charge is -2.28. The Balaban J connectivity index is 1.34. The summed E-state index contributed by atoms with van der Waals surface area (Å²) in [6, 6.07) is 11.7. The first kappa shape index (κ1) is 22.7. The maximum Gasteiger partial charge on any atom is 0.254 e. The number of H-pyrrole nitrogens is 1. The highest BCUT2D eigenvalue weighted by atomic mass is 16.5. The predicted molar refractivity (Wildman–Crippen MR) is 129 cm³/mol. The number of carbonyl (C=O) groups is 3. The summed E-state index contributed by atoms with van der Waals surface area (Å²) in [7, 11) is 1.53. The molecule has 0 aliphatic carbocycles. The first-order valence-corrected chi connectivity index (χ1v) is 11.6. The molecular weight excluding hydrogens is 478 g/mol. The zero-order valence-corrected chi connectivity index (χ0v) is 19.7. The van der Waals surface area contributed by atoms with Gasteiger partial charge < -0.3 is 19.0 Å². The number of ether oxygens (including phenoxy) is 1. The van der Waals surface area contributed by atoms with Gasteiger partial charge in [-0.15, -0.1) is 0 Å². The van der Waals surface area contributed by atoms with Gasteiger partial charge in [-0.05, 0) is 29.8 Å². The third-order valence-electron chi connectivity index (χ3n) is 6.78. The molecule has 5 heterocycles. The van der Waals surface area contributed by atoms with Gasteiger partial charge in [0.05, 0.1) is 13.5 Å². The van der Waals surface area contributed by atoms with Gasteiger partial charge in [-0.1, -0.05) is 6.07 Å². The topological polar surface area (TPSA) is 147 Å². The minimum absolute atomic E-state index is 0.0394. The van der Waals surface area contributed by atoms with Crippen LogP contribution in [0.25, 0.3) is 11.1 Å². The third-order valence-corrected chi connectivity index (χ3v) is 6.78. The number of hydrogen-bond donors (Lipinski definition) is 2. The Labute approximate surface area is 209 Å². The molecule has 1 aromatic carbocycles. The van der Waals surface area contributed by atoms with Crippen molar-refractivity contribution in [1.29, 1.82) is 0 Å². The quantitative estimate of drug-likeness (QED) is 0.379. The van der Waals surface area contributed by atoms with E-state index in [-0.39, 0.29) is 30.2 Å². The average Bonchev–Trinajstić information content (AvgIpc) is 3.52. The van der Waals surface area contributed by atoms with Crippen molar-refractivity contribution in [2.24, 2.45) is 0 Å². The van der Waals surface area contributed by atoms with Crippen molar-refractivity contribution in [3.8, 4) is 5.75 Å². The van der Waals surface area contributed by atoms with Crippen LogP contribution in [0.4, 0.5) is 0 Å². The molecular formula is C26H21N5O6. The van der Waals surface area contributed by atoms with E-state index < -0.39 is 17.2 Å². The second-order valence-corrected chi connectivity index (χ2v) is 9.17. The lowest BCUT2D eigenvalue weighted by molar-refractivity contribution is -0.127. The molecule has 0 bridgehead atoms. The molecule has 0 spiro atoms. The molecule has 1 fully saturated rings. The molecule has 186 valence electrons. The standard InChI is InChI=1S/C26H21N5O6/c1-36-16-4-2-14-12-31(24(34)17(14)9-16)13-26(11-23(33)30-25(26)35)20-10-18-19(37-20)5-3-15(28-18)8-21-27-7-6-22(32)29-21/h2-7,9-10H,8,11-13H2,1H3,(H,27,29,32)(H,30,33,35)/t26-/m1/s1. The van der Waals surface area contributed by atoms with Crippen LogP contribution in [0, 0.1) is 0 Å². The van der Waals surface area contributed by atoms with Crippen LogP contribution < -0.4 is 15.6 Å². The lowest BCUT2D eigenvalue weighted by atomic mass is 9.82. The van der Waals surface area contributed by atoms with Crippen molar-refractivity contribution in [3.05, 3.63) is 87.4 Å². The smallest absolute Gasteiger partial charge is 0.254 e. The summed E-state index contributed by atoms with van der Waals surface area (Å²) in [5.41, 5.74) is 1.21. The summed E-state index contributed by atoms with van der Waals surface area (Å²) in [6.07, 6.45) is 1.56. The van der Waals surface area contributed by atoms with Gasteiger partial charge in [-0.25, -0.2) is 9.97 Å². The number of amides is 3. The van der Waals surface area contributed by atoms with E-state index in [1.807, 2.05) is 6.07 Å². The fourth-order valence-corrected chi connectivity index (χ4v) is 4.94. The maximum atomic E-state index is 13.2. The number of carbonyl (C=O) groups excluding carboxylic acids is 3. The highest BCUT2D eigenvalue weighted by molar-refractivity contribution is 6.10. The number of aromatic amines is 1. The molecule has 37 heavy (non-hydrogen) atoms. The van der Waals surface area contributed by atoms with Gasteiger partial charge in [-0.3, -0.25) is 24.5 Å².